The van der Waals surface area contributed by atoms with Crippen LogP contribution in [0, 0.1) is 0 Å². The van der Waals surface area contributed by atoms with E-state index in [4.69, 9.17) is 22.4 Å². The maximum absolute atomic E-state index is 11.9. The average molecular weight is 285 g/mol. The lowest BCUT2D eigenvalue weighted by Crippen LogP contribution is -2.19. The van der Waals surface area contributed by atoms with Gasteiger partial charge in [0.2, 0.25) is 0 Å². The SMILES string of the molecule is NC(=S)c1ccccc1Cn1c(=O)oc2cccnc21. The molecule has 6 heteroatoms. The van der Waals surface area contributed by atoms with Gasteiger partial charge in [-0.2, -0.15) is 0 Å². The number of aromatic nitrogens is 2. The van der Waals surface area contributed by atoms with Crippen molar-refractivity contribution >= 4 is 28.4 Å². The van der Waals surface area contributed by atoms with E-state index in [0.717, 1.165) is 11.1 Å². The van der Waals surface area contributed by atoms with Gasteiger partial charge in [0.15, 0.2) is 11.2 Å². The zero-order valence-corrected chi connectivity index (χ0v) is 11.3. The van der Waals surface area contributed by atoms with Crippen molar-refractivity contribution in [2.75, 3.05) is 0 Å². The molecule has 0 fully saturated rings. The average Bonchev–Trinajstić information content (AvgIpc) is 2.76. The number of hydrogen-bond donors (Lipinski definition) is 1. The fourth-order valence-corrected chi connectivity index (χ4v) is 2.31. The van der Waals surface area contributed by atoms with Crippen molar-refractivity contribution in [3.63, 3.8) is 0 Å². The Morgan fingerprint density at radius 1 is 1.30 bits per heavy atom. The maximum atomic E-state index is 11.9. The third-order valence-corrected chi connectivity index (χ3v) is 3.26. The highest BCUT2D eigenvalue weighted by Crippen LogP contribution is 2.14. The summed E-state index contributed by atoms with van der Waals surface area (Å²) < 4.78 is 6.62. The predicted molar refractivity (Wildman–Crippen MR) is 79.7 cm³/mol. The van der Waals surface area contributed by atoms with E-state index >= 15 is 0 Å². The number of rotatable bonds is 3. The van der Waals surface area contributed by atoms with Gasteiger partial charge >= 0.3 is 5.76 Å². The van der Waals surface area contributed by atoms with Crippen LogP contribution in [0.1, 0.15) is 11.1 Å². The fourth-order valence-electron chi connectivity index (χ4n) is 2.11. The van der Waals surface area contributed by atoms with Crippen LogP contribution in [0.2, 0.25) is 0 Å². The third-order valence-electron chi connectivity index (χ3n) is 3.04. The number of hydrogen-bond acceptors (Lipinski definition) is 4. The van der Waals surface area contributed by atoms with Gasteiger partial charge in [-0.15, -0.1) is 0 Å². The minimum Gasteiger partial charge on any atom is -0.406 e. The normalized spacial score (nSPS) is 10.8. The van der Waals surface area contributed by atoms with Gasteiger partial charge in [0, 0.05) is 11.8 Å². The number of thiocarbonyl (C=S) groups is 1. The predicted octanol–water partition coefficient (Wildman–Crippen LogP) is 1.67. The Morgan fingerprint density at radius 3 is 2.90 bits per heavy atom. The molecule has 0 bridgehead atoms. The molecule has 0 spiro atoms. The summed E-state index contributed by atoms with van der Waals surface area (Å²) in [5.74, 6) is -0.448. The summed E-state index contributed by atoms with van der Waals surface area (Å²) in [5.41, 5.74) is 8.28. The Hall–Kier alpha value is -2.47. The number of fused-ring (bicyclic) bond motifs is 1. The Bertz CT molecular complexity index is 851. The lowest BCUT2D eigenvalue weighted by molar-refractivity contribution is 0.517. The second kappa shape index (κ2) is 4.90. The van der Waals surface area contributed by atoms with Crippen LogP contribution in [0.5, 0.6) is 0 Å². The molecule has 2 N–H and O–H groups in total. The molecule has 0 unspecified atom stereocenters. The van der Waals surface area contributed by atoms with Crippen molar-refractivity contribution < 1.29 is 4.42 Å². The second-order valence-corrected chi connectivity index (χ2v) is 4.74. The standard InChI is InChI=1S/C14H11N3O2S/c15-12(20)10-5-2-1-4-9(10)8-17-13-11(19-14(17)18)6-3-7-16-13/h1-7H,8H2,(H2,15,20). The lowest BCUT2D eigenvalue weighted by Gasteiger charge is -2.07. The van der Waals surface area contributed by atoms with Crippen molar-refractivity contribution in [3.05, 3.63) is 64.3 Å². The number of nitrogens with two attached hydrogens (primary N) is 1. The molecule has 0 aliphatic carbocycles. The monoisotopic (exact) mass is 285 g/mol. The Labute approximate surface area is 119 Å². The van der Waals surface area contributed by atoms with Crippen molar-refractivity contribution in [2.24, 2.45) is 5.73 Å². The summed E-state index contributed by atoms with van der Waals surface area (Å²) in [7, 11) is 0. The minimum absolute atomic E-state index is 0.300. The highest BCUT2D eigenvalue weighted by atomic mass is 32.1. The van der Waals surface area contributed by atoms with Crippen LogP contribution in [-0.4, -0.2) is 14.5 Å². The molecule has 100 valence electrons. The smallest absolute Gasteiger partial charge is 0.406 e. The molecule has 3 aromatic rings. The zero-order valence-electron chi connectivity index (χ0n) is 10.4. The summed E-state index contributed by atoms with van der Waals surface area (Å²) in [6, 6.07) is 10.9. The van der Waals surface area contributed by atoms with E-state index in [0.29, 0.717) is 22.8 Å². The fraction of sp³-hybridized carbons (Fsp3) is 0.0714. The maximum Gasteiger partial charge on any atom is 0.421 e. The molecule has 0 aliphatic heterocycles. The van der Waals surface area contributed by atoms with Gasteiger partial charge in [-0.3, -0.25) is 4.57 Å². The summed E-state index contributed by atoms with van der Waals surface area (Å²) in [4.78, 5) is 16.4. The largest absolute Gasteiger partial charge is 0.421 e. The molecule has 1 aromatic carbocycles. The summed E-state index contributed by atoms with van der Waals surface area (Å²) in [6.45, 7) is 0.316. The highest BCUT2D eigenvalue weighted by molar-refractivity contribution is 7.80. The Kier molecular flexibility index (Phi) is 3.08. The molecule has 3 rings (SSSR count). The first-order chi connectivity index (χ1) is 9.66. The van der Waals surface area contributed by atoms with Crippen LogP contribution in [0.3, 0.4) is 0 Å². The van der Waals surface area contributed by atoms with Crippen LogP contribution in [0.15, 0.2) is 51.8 Å². The molecule has 20 heavy (non-hydrogen) atoms. The van der Waals surface area contributed by atoms with E-state index in [9.17, 15) is 4.79 Å². The quantitative estimate of drug-likeness (QED) is 0.741. The van der Waals surface area contributed by atoms with Crippen molar-refractivity contribution in [1.82, 2.24) is 9.55 Å². The molecule has 0 saturated carbocycles. The van der Waals surface area contributed by atoms with Crippen molar-refractivity contribution in [3.8, 4) is 0 Å². The van der Waals surface area contributed by atoms with E-state index in [1.54, 1.807) is 18.3 Å². The van der Waals surface area contributed by atoms with E-state index in [2.05, 4.69) is 4.98 Å². The molecule has 5 nitrogen and oxygen atoms in total. The van der Waals surface area contributed by atoms with Gasteiger partial charge in [0.25, 0.3) is 0 Å². The van der Waals surface area contributed by atoms with Crippen molar-refractivity contribution in [1.29, 1.82) is 0 Å². The zero-order chi connectivity index (χ0) is 14.1. The molecular formula is C14H11N3O2S. The summed E-state index contributed by atoms with van der Waals surface area (Å²) >= 11 is 5.03. The van der Waals surface area contributed by atoms with Gasteiger partial charge in [0.05, 0.1) is 6.54 Å². The van der Waals surface area contributed by atoms with Gasteiger partial charge in [-0.05, 0) is 17.7 Å². The molecular weight excluding hydrogens is 274 g/mol. The number of pyridine rings is 1. The molecule has 2 aromatic heterocycles. The summed E-state index contributed by atoms with van der Waals surface area (Å²) in [5, 5.41) is 0. The Balaban J connectivity index is 2.13. The second-order valence-electron chi connectivity index (χ2n) is 4.30. The topological polar surface area (TPSA) is 74.0 Å². The van der Waals surface area contributed by atoms with E-state index in [1.165, 1.54) is 4.57 Å². The van der Waals surface area contributed by atoms with Crippen LogP contribution < -0.4 is 11.5 Å². The van der Waals surface area contributed by atoms with Crippen LogP contribution in [0.25, 0.3) is 11.2 Å². The van der Waals surface area contributed by atoms with Crippen molar-refractivity contribution in [2.45, 2.75) is 6.54 Å². The van der Waals surface area contributed by atoms with Gasteiger partial charge < -0.3 is 10.2 Å². The van der Waals surface area contributed by atoms with E-state index < -0.39 is 5.76 Å². The number of benzene rings is 1. The molecule has 2 heterocycles. The molecule has 0 radical (unpaired) electrons. The number of nitrogens with zero attached hydrogens (tertiary/aromatic N) is 2. The molecule has 0 saturated heterocycles. The van der Waals surface area contributed by atoms with Crippen LogP contribution >= 0.6 is 12.2 Å². The van der Waals surface area contributed by atoms with Gasteiger partial charge in [0.1, 0.15) is 4.99 Å². The molecule has 0 amide bonds. The lowest BCUT2D eigenvalue weighted by atomic mass is 10.1. The minimum atomic E-state index is -0.448. The third kappa shape index (κ3) is 2.10. The van der Waals surface area contributed by atoms with Crippen LogP contribution in [0.4, 0.5) is 0 Å². The first kappa shape index (κ1) is 12.6. The van der Waals surface area contributed by atoms with Gasteiger partial charge in [-0.1, -0.05) is 36.5 Å². The van der Waals surface area contributed by atoms with Gasteiger partial charge in [-0.25, -0.2) is 9.78 Å². The Morgan fingerprint density at radius 2 is 2.10 bits per heavy atom. The molecule has 0 atom stereocenters. The van der Waals surface area contributed by atoms with E-state index in [-0.39, 0.29) is 0 Å². The molecule has 0 aliphatic rings. The number of oxazole rings is 1. The van der Waals surface area contributed by atoms with Crippen LogP contribution in [-0.2, 0) is 6.54 Å². The van der Waals surface area contributed by atoms with E-state index in [1.807, 2.05) is 24.3 Å². The first-order valence-electron chi connectivity index (χ1n) is 5.99. The first-order valence-corrected chi connectivity index (χ1v) is 6.39. The summed E-state index contributed by atoms with van der Waals surface area (Å²) in [6.07, 6.45) is 1.62. The highest BCUT2D eigenvalue weighted by Gasteiger charge is 2.12.